The number of hydrazone groups is 1. The molecular weight excluding hydrogens is 368 g/mol. The van der Waals surface area contributed by atoms with E-state index in [0.29, 0.717) is 6.42 Å². The van der Waals surface area contributed by atoms with Gasteiger partial charge >= 0.3 is 0 Å². The second kappa shape index (κ2) is 7.70. The summed E-state index contributed by atoms with van der Waals surface area (Å²) in [5, 5.41) is 4.20. The number of halogens is 1. The van der Waals surface area contributed by atoms with E-state index in [2.05, 4.69) is 49.4 Å². The molecule has 3 rings (SSSR count). The summed E-state index contributed by atoms with van der Waals surface area (Å²) in [4.78, 5) is 12.3. The van der Waals surface area contributed by atoms with Crippen molar-refractivity contribution in [3.63, 3.8) is 0 Å². The van der Waals surface area contributed by atoms with Gasteiger partial charge in [0.2, 0.25) is 0 Å². The van der Waals surface area contributed by atoms with Crippen LogP contribution in [0.25, 0.3) is 0 Å². The molecule has 6 heteroatoms. The third-order valence-corrected chi connectivity index (χ3v) is 4.55. The topological polar surface area (TPSA) is 65.5 Å². The second-order valence-corrected chi connectivity index (χ2v) is 6.64. The van der Waals surface area contributed by atoms with Gasteiger partial charge in [-0.3, -0.25) is 4.79 Å². The van der Waals surface area contributed by atoms with Gasteiger partial charge < -0.3 is 0 Å². The number of nitrogens with zero attached hydrogens (tertiary/aromatic N) is 1. The summed E-state index contributed by atoms with van der Waals surface area (Å²) >= 11 is 3.40. The molecule has 2 aromatic carbocycles. The number of nitrogens with one attached hydrogen (secondary N) is 3. The molecule has 124 valence electrons. The molecule has 0 saturated carbocycles. The lowest BCUT2D eigenvalue weighted by Crippen LogP contribution is -2.41. The molecule has 1 aliphatic heterocycles. The first-order chi connectivity index (χ1) is 11.6. The fourth-order valence-corrected chi connectivity index (χ4v) is 2.87. The molecule has 1 fully saturated rings. The van der Waals surface area contributed by atoms with Crippen molar-refractivity contribution < 1.29 is 4.79 Å². The van der Waals surface area contributed by atoms with Gasteiger partial charge in [0.05, 0.1) is 5.71 Å². The zero-order valence-electron chi connectivity index (χ0n) is 13.3. The van der Waals surface area contributed by atoms with Crippen LogP contribution >= 0.6 is 15.9 Å². The van der Waals surface area contributed by atoms with Gasteiger partial charge in [0.15, 0.2) is 0 Å². The van der Waals surface area contributed by atoms with Gasteiger partial charge in [-0.15, -0.1) is 0 Å². The van der Waals surface area contributed by atoms with Crippen LogP contribution in [0.4, 0.5) is 0 Å². The summed E-state index contributed by atoms with van der Waals surface area (Å²) < 4.78 is 1.01. The lowest BCUT2D eigenvalue weighted by atomic mass is 10.0. The van der Waals surface area contributed by atoms with Crippen LogP contribution in [0.2, 0.25) is 0 Å². The van der Waals surface area contributed by atoms with Gasteiger partial charge in [-0.05, 0) is 36.6 Å². The average molecular weight is 387 g/mol. The highest BCUT2D eigenvalue weighted by atomic mass is 79.9. The summed E-state index contributed by atoms with van der Waals surface area (Å²) in [6.07, 6.45) is 0.683. The fourth-order valence-electron chi connectivity index (χ4n) is 2.60. The molecule has 3 N–H and O–H groups in total. The van der Waals surface area contributed by atoms with Crippen molar-refractivity contribution in [3.05, 3.63) is 70.2 Å². The third kappa shape index (κ3) is 4.08. The Balaban J connectivity index is 1.57. The second-order valence-electron chi connectivity index (χ2n) is 5.72. The standard InChI is InChI=1S/C18H19BrN4O/c1-12(13-7-9-15(19)10-8-13)20-23-18(24)17-11-16(21-22-17)14-5-3-2-4-6-14/h2-10,16-17,21-22H,11H2,1H3,(H,23,24)/b20-12+. The zero-order chi connectivity index (χ0) is 16.9. The fraction of sp³-hybridized carbons (Fsp3) is 0.222. The van der Waals surface area contributed by atoms with Crippen LogP contribution in [0.3, 0.4) is 0 Å². The number of carbonyl (C=O) groups is 1. The quantitative estimate of drug-likeness (QED) is 0.559. The SMILES string of the molecule is C/C(=N\NC(=O)C1CC(c2ccccc2)NN1)c1ccc(Br)cc1. The van der Waals surface area contributed by atoms with Crippen molar-refractivity contribution in [2.45, 2.75) is 25.4 Å². The first kappa shape index (κ1) is 16.8. The number of hydrazine groups is 1. The van der Waals surface area contributed by atoms with Crippen LogP contribution in [-0.4, -0.2) is 17.7 Å². The number of hydrogen-bond acceptors (Lipinski definition) is 4. The molecule has 2 unspecified atom stereocenters. The number of hydrogen-bond donors (Lipinski definition) is 3. The Bertz CT molecular complexity index is 730. The lowest BCUT2D eigenvalue weighted by molar-refractivity contribution is -0.122. The molecule has 1 amide bonds. The van der Waals surface area contributed by atoms with E-state index in [1.807, 2.05) is 49.4 Å². The molecule has 2 aromatic rings. The minimum Gasteiger partial charge on any atom is -0.271 e. The Morgan fingerprint density at radius 2 is 1.83 bits per heavy atom. The van der Waals surface area contributed by atoms with Crippen LogP contribution in [-0.2, 0) is 4.79 Å². The molecule has 0 spiro atoms. The molecule has 0 aromatic heterocycles. The van der Waals surface area contributed by atoms with Crippen LogP contribution < -0.4 is 16.3 Å². The van der Waals surface area contributed by atoms with E-state index in [1.165, 1.54) is 0 Å². The van der Waals surface area contributed by atoms with Crippen molar-refractivity contribution in [3.8, 4) is 0 Å². The highest BCUT2D eigenvalue weighted by Gasteiger charge is 2.29. The van der Waals surface area contributed by atoms with E-state index < -0.39 is 0 Å². The Kier molecular flexibility index (Phi) is 5.40. The predicted molar refractivity (Wildman–Crippen MR) is 98.4 cm³/mol. The van der Waals surface area contributed by atoms with Gasteiger partial charge in [-0.25, -0.2) is 16.3 Å². The van der Waals surface area contributed by atoms with E-state index in [1.54, 1.807) is 0 Å². The van der Waals surface area contributed by atoms with Crippen LogP contribution in [0, 0.1) is 0 Å². The van der Waals surface area contributed by atoms with Gasteiger partial charge in [-0.2, -0.15) is 5.10 Å². The lowest BCUT2D eigenvalue weighted by Gasteiger charge is -2.09. The Labute approximate surface area is 149 Å². The molecule has 0 bridgehead atoms. The van der Waals surface area contributed by atoms with Crippen LogP contribution in [0.1, 0.15) is 30.5 Å². The molecule has 1 aliphatic rings. The highest BCUT2D eigenvalue weighted by Crippen LogP contribution is 2.21. The molecule has 1 heterocycles. The van der Waals surface area contributed by atoms with Crippen molar-refractivity contribution in [2.75, 3.05) is 0 Å². The molecule has 0 radical (unpaired) electrons. The Hall–Kier alpha value is -2.02. The molecule has 24 heavy (non-hydrogen) atoms. The van der Waals surface area contributed by atoms with E-state index in [-0.39, 0.29) is 18.0 Å². The largest absolute Gasteiger partial charge is 0.271 e. The van der Waals surface area contributed by atoms with Gasteiger partial charge in [0, 0.05) is 10.5 Å². The molecular formula is C18H19BrN4O. The van der Waals surface area contributed by atoms with E-state index in [9.17, 15) is 4.79 Å². The number of amides is 1. The van der Waals surface area contributed by atoms with Crippen LogP contribution in [0.5, 0.6) is 0 Å². The molecule has 2 atom stereocenters. The first-order valence-electron chi connectivity index (χ1n) is 7.79. The van der Waals surface area contributed by atoms with Gasteiger partial charge in [0.1, 0.15) is 6.04 Å². The summed E-state index contributed by atoms with van der Waals surface area (Å²) in [5.74, 6) is -0.141. The number of benzene rings is 2. The maximum Gasteiger partial charge on any atom is 0.258 e. The number of rotatable bonds is 4. The normalized spacial score (nSPS) is 20.8. The minimum absolute atomic E-state index is 0.124. The summed E-state index contributed by atoms with van der Waals surface area (Å²) in [6, 6.07) is 17.7. The van der Waals surface area contributed by atoms with Crippen molar-refractivity contribution >= 4 is 27.5 Å². The van der Waals surface area contributed by atoms with Crippen molar-refractivity contribution in [1.82, 2.24) is 16.3 Å². The predicted octanol–water partition coefficient (Wildman–Crippen LogP) is 2.90. The zero-order valence-corrected chi connectivity index (χ0v) is 14.9. The Morgan fingerprint density at radius 1 is 1.12 bits per heavy atom. The van der Waals surface area contributed by atoms with E-state index in [0.717, 1.165) is 21.3 Å². The summed E-state index contributed by atoms with van der Waals surface area (Å²) in [5.41, 5.74) is 11.7. The molecule has 5 nitrogen and oxygen atoms in total. The maximum absolute atomic E-state index is 12.3. The van der Waals surface area contributed by atoms with Crippen molar-refractivity contribution in [2.24, 2.45) is 5.10 Å². The third-order valence-electron chi connectivity index (χ3n) is 4.02. The first-order valence-corrected chi connectivity index (χ1v) is 8.59. The molecule has 0 aliphatic carbocycles. The van der Waals surface area contributed by atoms with E-state index in [4.69, 9.17) is 0 Å². The number of carbonyl (C=O) groups excluding carboxylic acids is 1. The Morgan fingerprint density at radius 3 is 2.54 bits per heavy atom. The minimum atomic E-state index is -0.309. The highest BCUT2D eigenvalue weighted by molar-refractivity contribution is 9.10. The van der Waals surface area contributed by atoms with Crippen molar-refractivity contribution in [1.29, 1.82) is 0 Å². The van der Waals surface area contributed by atoms with E-state index >= 15 is 0 Å². The summed E-state index contributed by atoms with van der Waals surface area (Å²) in [7, 11) is 0. The molecule has 1 saturated heterocycles. The van der Waals surface area contributed by atoms with Gasteiger partial charge in [-0.1, -0.05) is 58.4 Å². The monoisotopic (exact) mass is 386 g/mol. The van der Waals surface area contributed by atoms with Crippen LogP contribution in [0.15, 0.2) is 64.2 Å². The summed E-state index contributed by atoms with van der Waals surface area (Å²) in [6.45, 7) is 1.87. The smallest absolute Gasteiger partial charge is 0.258 e. The maximum atomic E-state index is 12.3. The van der Waals surface area contributed by atoms with Gasteiger partial charge in [0.25, 0.3) is 5.91 Å². The average Bonchev–Trinajstić information content (AvgIpc) is 3.11.